The average Bonchev–Trinajstić information content (AvgIpc) is 2.52. The molecule has 0 bridgehead atoms. The summed E-state index contributed by atoms with van der Waals surface area (Å²) in [6.45, 7) is 2.72. The number of carbonyl (C=O) groups is 2. The molecule has 0 aromatic heterocycles. The van der Waals surface area contributed by atoms with Gasteiger partial charge in [0.05, 0.1) is 12.5 Å². The summed E-state index contributed by atoms with van der Waals surface area (Å²) in [5.41, 5.74) is 2.01. The molecule has 1 aliphatic heterocycles. The van der Waals surface area contributed by atoms with Crippen LogP contribution in [0.15, 0.2) is 24.3 Å². The number of benzene rings is 1. The van der Waals surface area contributed by atoms with Gasteiger partial charge in [-0.25, -0.2) is 0 Å². The summed E-state index contributed by atoms with van der Waals surface area (Å²) in [5.74, 6) is -1.59. The normalized spacial score (nSPS) is 20.2. The average molecular weight is 248 g/mol. The molecule has 0 saturated carbocycles. The smallest absolute Gasteiger partial charge is 0.310 e. The number of carboxylic acid groups (broad SMARTS) is 1. The maximum atomic E-state index is 11.6. The van der Waals surface area contributed by atoms with E-state index in [1.807, 2.05) is 31.2 Å². The van der Waals surface area contributed by atoms with Gasteiger partial charge < -0.3 is 15.3 Å². The van der Waals surface area contributed by atoms with Gasteiger partial charge in [0.15, 0.2) is 0 Å². The molecule has 2 rings (SSSR count). The van der Waals surface area contributed by atoms with Crippen LogP contribution < -0.4 is 10.2 Å². The highest BCUT2D eigenvalue weighted by Crippen LogP contribution is 2.17. The topological polar surface area (TPSA) is 69.6 Å². The third-order valence-corrected chi connectivity index (χ3v) is 3.07. The van der Waals surface area contributed by atoms with Crippen molar-refractivity contribution >= 4 is 17.6 Å². The molecule has 1 amide bonds. The summed E-state index contributed by atoms with van der Waals surface area (Å²) in [5, 5.41) is 11.7. The monoisotopic (exact) mass is 248 g/mol. The summed E-state index contributed by atoms with van der Waals surface area (Å²) < 4.78 is 0. The van der Waals surface area contributed by atoms with Crippen molar-refractivity contribution in [2.45, 2.75) is 6.92 Å². The Balaban J connectivity index is 2.21. The zero-order valence-corrected chi connectivity index (χ0v) is 10.2. The molecule has 1 saturated heterocycles. The van der Waals surface area contributed by atoms with E-state index in [4.69, 9.17) is 5.11 Å². The van der Waals surface area contributed by atoms with E-state index < -0.39 is 11.9 Å². The number of carboxylic acids is 1. The highest BCUT2D eigenvalue weighted by atomic mass is 16.4. The lowest BCUT2D eigenvalue weighted by atomic mass is 10.1. The molecule has 1 aromatic carbocycles. The lowest BCUT2D eigenvalue weighted by Crippen LogP contribution is -2.34. The molecular weight excluding hydrogens is 232 g/mol. The summed E-state index contributed by atoms with van der Waals surface area (Å²) in [7, 11) is 0. The lowest BCUT2D eigenvalue weighted by Gasteiger charge is -2.23. The van der Waals surface area contributed by atoms with Crippen molar-refractivity contribution in [3.63, 3.8) is 0 Å². The molecule has 0 aliphatic carbocycles. The number of nitrogens with zero attached hydrogens (tertiary/aromatic N) is 1. The number of anilines is 1. The molecule has 1 unspecified atom stereocenters. The molecule has 96 valence electrons. The molecule has 18 heavy (non-hydrogen) atoms. The van der Waals surface area contributed by atoms with Gasteiger partial charge in [-0.1, -0.05) is 17.7 Å². The van der Waals surface area contributed by atoms with Gasteiger partial charge in [0.25, 0.3) is 0 Å². The van der Waals surface area contributed by atoms with Gasteiger partial charge in [0.1, 0.15) is 0 Å². The highest BCUT2D eigenvalue weighted by Gasteiger charge is 2.26. The third-order valence-electron chi connectivity index (χ3n) is 3.07. The van der Waals surface area contributed by atoms with E-state index in [0.29, 0.717) is 6.54 Å². The second-order valence-electron chi connectivity index (χ2n) is 4.56. The number of aryl methyl sites for hydroxylation is 1. The third kappa shape index (κ3) is 2.80. The number of hydrogen-bond acceptors (Lipinski definition) is 3. The molecule has 5 nitrogen and oxygen atoms in total. The molecule has 1 atom stereocenters. The first kappa shape index (κ1) is 12.4. The lowest BCUT2D eigenvalue weighted by molar-refractivity contribution is -0.141. The summed E-state index contributed by atoms with van der Waals surface area (Å²) in [4.78, 5) is 24.4. The van der Waals surface area contributed by atoms with Gasteiger partial charge in [-0.2, -0.15) is 0 Å². The van der Waals surface area contributed by atoms with Crippen molar-refractivity contribution in [2.24, 2.45) is 5.92 Å². The van der Waals surface area contributed by atoms with Crippen LogP contribution in [-0.2, 0) is 9.59 Å². The molecule has 0 radical (unpaired) electrons. The Bertz CT molecular complexity index is 456. The number of hydrogen-bond donors (Lipinski definition) is 2. The standard InChI is InChI=1S/C13H16N2O3/c1-9-2-4-11(5-3-9)15-7-10(13(17)18)6-14-12(16)8-15/h2-5,10H,6-8H2,1H3,(H,14,16)(H,17,18). The predicted octanol–water partition coefficient (Wildman–Crippen LogP) is 0.632. The first-order valence-corrected chi connectivity index (χ1v) is 5.87. The molecule has 1 fully saturated rings. The van der Waals surface area contributed by atoms with Crippen LogP contribution >= 0.6 is 0 Å². The molecular formula is C13H16N2O3. The number of rotatable bonds is 2. The van der Waals surface area contributed by atoms with E-state index in [1.54, 1.807) is 4.90 Å². The van der Waals surface area contributed by atoms with Crippen LogP contribution in [0.4, 0.5) is 5.69 Å². The largest absolute Gasteiger partial charge is 0.481 e. The van der Waals surface area contributed by atoms with Crippen LogP contribution in [0.1, 0.15) is 5.56 Å². The Morgan fingerprint density at radius 2 is 2.06 bits per heavy atom. The zero-order valence-electron chi connectivity index (χ0n) is 10.2. The van der Waals surface area contributed by atoms with Crippen LogP contribution in [0.2, 0.25) is 0 Å². The molecule has 2 N–H and O–H groups in total. The van der Waals surface area contributed by atoms with E-state index >= 15 is 0 Å². The van der Waals surface area contributed by atoms with Gasteiger partial charge in [-0.3, -0.25) is 9.59 Å². The highest BCUT2D eigenvalue weighted by molar-refractivity contribution is 5.83. The van der Waals surface area contributed by atoms with Crippen molar-refractivity contribution in [3.8, 4) is 0 Å². The maximum absolute atomic E-state index is 11.6. The van der Waals surface area contributed by atoms with Crippen molar-refractivity contribution in [2.75, 3.05) is 24.5 Å². The predicted molar refractivity (Wildman–Crippen MR) is 67.5 cm³/mol. The Morgan fingerprint density at radius 1 is 1.39 bits per heavy atom. The molecule has 1 aromatic rings. The molecule has 5 heteroatoms. The molecule has 0 spiro atoms. The minimum atomic E-state index is -0.880. The van der Waals surface area contributed by atoms with Crippen molar-refractivity contribution in [1.29, 1.82) is 0 Å². The second kappa shape index (κ2) is 5.08. The number of aliphatic carboxylic acids is 1. The van der Waals surface area contributed by atoms with Gasteiger partial charge in [-0.15, -0.1) is 0 Å². The number of carbonyl (C=O) groups excluding carboxylic acids is 1. The zero-order chi connectivity index (χ0) is 13.1. The van der Waals surface area contributed by atoms with Crippen LogP contribution in [0.5, 0.6) is 0 Å². The summed E-state index contributed by atoms with van der Waals surface area (Å²) >= 11 is 0. The second-order valence-corrected chi connectivity index (χ2v) is 4.56. The van der Waals surface area contributed by atoms with Gasteiger partial charge in [-0.05, 0) is 19.1 Å². The van der Waals surface area contributed by atoms with E-state index in [2.05, 4.69) is 5.32 Å². The number of nitrogens with one attached hydrogen (secondary N) is 1. The minimum absolute atomic E-state index is 0.140. The van der Waals surface area contributed by atoms with E-state index in [9.17, 15) is 9.59 Å². The quantitative estimate of drug-likeness (QED) is 0.805. The van der Waals surface area contributed by atoms with Gasteiger partial charge >= 0.3 is 5.97 Å². The Morgan fingerprint density at radius 3 is 2.67 bits per heavy atom. The van der Waals surface area contributed by atoms with Gasteiger partial charge in [0.2, 0.25) is 5.91 Å². The van der Waals surface area contributed by atoms with E-state index in [-0.39, 0.29) is 19.0 Å². The van der Waals surface area contributed by atoms with Crippen LogP contribution in [-0.4, -0.2) is 36.6 Å². The van der Waals surface area contributed by atoms with Crippen molar-refractivity contribution in [1.82, 2.24) is 5.32 Å². The molecule has 1 aliphatic rings. The van der Waals surface area contributed by atoms with Crippen molar-refractivity contribution in [3.05, 3.63) is 29.8 Å². The fourth-order valence-electron chi connectivity index (χ4n) is 1.98. The molecule has 1 heterocycles. The van der Waals surface area contributed by atoms with Gasteiger partial charge in [0, 0.05) is 18.8 Å². The SMILES string of the molecule is Cc1ccc(N2CC(=O)NCC(C(=O)O)C2)cc1. The Kier molecular flexibility index (Phi) is 3.50. The summed E-state index contributed by atoms with van der Waals surface area (Å²) in [6, 6.07) is 7.72. The van der Waals surface area contributed by atoms with Crippen LogP contribution in [0.3, 0.4) is 0 Å². The van der Waals surface area contributed by atoms with Crippen LogP contribution in [0.25, 0.3) is 0 Å². The fraction of sp³-hybridized carbons (Fsp3) is 0.385. The maximum Gasteiger partial charge on any atom is 0.310 e. The Labute approximate surface area is 105 Å². The Hall–Kier alpha value is -2.04. The van der Waals surface area contributed by atoms with E-state index in [1.165, 1.54) is 0 Å². The van der Waals surface area contributed by atoms with Crippen LogP contribution in [0, 0.1) is 12.8 Å². The first-order valence-electron chi connectivity index (χ1n) is 5.87. The van der Waals surface area contributed by atoms with E-state index in [0.717, 1.165) is 11.3 Å². The number of amides is 1. The van der Waals surface area contributed by atoms with Crippen molar-refractivity contribution < 1.29 is 14.7 Å². The summed E-state index contributed by atoms with van der Waals surface area (Å²) in [6.07, 6.45) is 0. The minimum Gasteiger partial charge on any atom is -0.481 e. The fourth-order valence-corrected chi connectivity index (χ4v) is 1.98. The first-order chi connectivity index (χ1) is 8.56.